The van der Waals surface area contributed by atoms with Gasteiger partial charge in [0, 0.05) is 0 Å². The molecule has 5 nitrogen and oxygen atoms in total. The van der Waals surface area contributed by atoms with Gasteiger partial charge in [0.1, 0.15) is 11.9 Å². The topological polar surface area (TPSA) is 75.6 Å². The third-order valence-corrected chi connectivity index (χ3v) is 2.65. The molecule has 0 aromatic heterocycles. The fraction of sp³-hybridized carbons (Fsp3) is 0.385. The van der Waals surface area contributed by atoms with Crippen molar-refractivity contribution in [3.63, 3.8) is 0 Å². The zero-order valence-electron chi connectivity index (χ0n) is 10.9. The molecule has 0 aliphatic rings. The molecule has 6 heteroatoms. The molecule has 0 fully saturated rings. The van der Waals surface area contributed by atoms with Crippen LogP contribution in [-0.4, -0.2) is 30.2 Å². The molecule has 0 aliphatic carbocycles. The van der Waals surface area contributed by atoms with E-state index in [0.717, 1.165) is 18.2 Å². The van der Waals surface area contributed by atoms with Gasteiger partial charge in [0.15, 0.2) is 0 Å². The third kappa shape index (κ3) is 3.67. The van der Waals surface area contributed by atoms with E-state index in [4.69, 9.17) is 5.11 Å². The Morgan fingerprint density at radius 2 is 2.00 bits per heavy atom. The lowest BCUT2D eigenvalue weighted by Crippen LogP contribution is -2.35. The lowest BCUT2D eigenvalue weighted by atomic mass is 10.0. The number of esters is 1. The Balaban J connectivity index is 3.05. The highest BCUT2D eigenvalue weighted by Crippen LogP contribution is 2.19. The van der Waals surface area contributed by atoms with Gasteiger partial charge in [0.25, 0.3) is 0 Å². The molecule has 1 rings (SSSR count). The maximum Gasteiger partial charge on any atom is 0.335 e. The monoisotopic (exact) mass is 269 g/mol. The second kappa shape index (κ2) is 6.17. The summed E-state index contributed by atoms with van der Waals surface area (Å²) < 4.78 is 18.2. The van der Waals surface area contributed by atoms with Gasteiger partial charge in [-0.2, -0.15) is 0 Å². The SMILES string of the molecule is COC(=O)C(Nc1cc(C(=O)O)ccc1F)C(C)C. The number of rotatable bonds is 5. The number of nitrogens with one attached hydrogen (secondary N) is 1. The Morgan fingerprint density at radius 1 is 1.37 bits per heavy atom. The van der Waals surface area contributed by atoms with Crippen LogP contribution in [0.3, 0.4) is 0 Å². The smallest absolute Gasteiger partial charge is 0.335 e. The minimum atomic E-state index is -1.16. The molecule has 0 heterocycles. The quantitative estimate of drug-likeness (QED) is 0.801. The first kappa shape index (κ1) is 14.9. The van der Waals surface area contributed by atoms with Gasteiger partial charge >= 0.3 is 11.9 Å². The summed E-state index contributed by atoms with van der Waals surface area (Å²) in [6.07, 6.45) is 0. The Hall–Kier alpha value is -2.11. The summed E-state index contributed by atoms with van der Waals surface area (Å²) in [6, 6.07) is 2.60. The molecule has 0 saturated carbocycles. The molecule has 0 aliphatic heterocycles. The van der Waals surface area contributed by atoms with Crippen LogP contribution in [0.1, 0.15) is 24.2 Å². The average Bonchev–Trinajstić information content (AvgIpc) is 2.36. The first-order valence-electron chi connectivity index (χ1n) is 5.74. The Bertz CT molecular complexity index is 488. The van der Waals surface area contributed by atoms with E-state index in [9.17, 15) is 14.0 Å². The minimum absolute atomic E-state index is 0.0380. The molecule has 0 saturated heterocycles. The van der Waals surface area contributed by atoms with Crippen LogP contribution >= 0.6 is 0 Å². The van der Waals surface area contributed by atoms with Crippen LogP contribution in [0.25, 0.3) is 0 Å². The van der Waals surface area contributed by atoms with Crippen LogP contribution in [0.15, 0.2) is 18.2 Å². The van der Waals surface area contributed by atoms with Gasteiger partial charge in [-0.1, -0.05) is 13.8 Å². The van der Waals surface area contributed by atoms with Crippen molar-refractivity contribution >= 4 is 17.6 Å². The van der Waals surface area contributed by atoms with Crippen molar-refractivity contribution in [1.29, 1.82) is 0 Å². The molecule has 0 amide bonds. The van der Waals surface area contributed by atoms with Crippen LogP contribution in [0.2, 0.25) is 0 Å². The standard InChI is InChI=1S/C13H16FNO4/c1-7(2)11(13(18)19-3)15-10-6-8(12(16)17)4-5-9(10)14/h4-7,11,15H,1-3H3,(H,16,17). The van der Waals surface area contributed by atoms with Crippen molar-refractivity contribution < 1.29 is 23.8 Å². The van der Waals surface area contributed by atoms with Gasteiger partial charge in [-0.05, 0) is 24.1 Å². The summed E-state index contributed by atoms with van der Waals surface area (Å²) in [5.41, 5.74) is -0.0970. The van der Waals surface area contributed by atoms with E-state index < -0.39 is 23.8 Å². The lowest BCUT2D eigenvalue weighted by Gasteiger charge is -2.21. The zero-order chi connectivity index (χ0) is 14.6. The van der Waals surface area contributed by atoms with Gasteiger partial charge in [-0.3, -0.25) is 0 Å². The largest absolute Gasteiger partial charge is 0.478 e. The number of anilines is 1. The van der Waals surface area contributed by atoms with Crippen LogP contribution in [0.4, 0.5) is 10.1 Å². The number of methoxy groups -OCH3 is 1. The summed E-state index contributed by atoms with van der Waals surface area (Å²) >= 11 is 0. The summed E-state index contributed by atoms with van der Waals surface area (Å²) in [7, 11) is 1.24. The van der Waals surface area contributed by atoms with E-state index >= 15 is 0 Å². The van der Waals surface area contributed by atoms with Crippen LogP contribution in [0.5, 0.6) is 0 Å². The highest BCUT2D eigenvalue weighted by atomic mass is 19.1. The predicted octanol–water partition coefficient (Wildman–Crippen LogP) is 2.13. The average molecular weight is 269 g/mol. The van der Waals surface area contributed by atoms with Crippen molar-refractivity contribution in [2.45, 2.75) is 19.9 Å². The van der Waals surface area contributed by atoms with Gasteiger partial charge in [-0.15, -0.1) is 0 Å². The van der Waals surface area contributed by atoms with Crippen molar-refractivity contribution in [3.8, 4) is 0 Å². The number of benzene rings is 1. The van der Waals surface area contributed by atoms with Crippen LogP contribution < -0.4 is 5.32 Å². The maximum atomic E-state index is 13.6. The van der Waals surface area contributed by atoms with E-state index in [1.54, 1.807) is 13.8 Å². The highest BCUT2D eigenvalue weighted by Gasteiger charge is 2.24. The van der Waals surface area contributed by atoms with Crippen molar-refractivity contribution in [3.05, 3.63) is 29.6 Å². The van der Waals surface area contributed by atoms with Gasteiger partial charge in [-0.25, -0.2) is 14.0 Å². The van der Waals surface area contributed by atoms with Crippen molar-refractivity contribution in [1.82, 2.24) is 0 Å². The van der Waals surface area contributed by atoms with Gasteiger partial charge < -0.3 is 15.2 Å². The Kier molecular flexibility index (Phi) is 4.86. The lowest BCUT2D eigenvalue weighted by molar-refractivity contribution is -0.142. The number of ether oxygens (including phenoxy) is 1. The van der Waals surface area contributed by atoms with Crippen molar-refractivity contribution in [2.24, 2.45) is 5.92 Å². The van der Waals surface area contributed by atoms with Gasteiger partial charge in [0.2, 0.25) is 0 Å². The van der Waals surface area contributed by atoms with Gasteiger partial charge in [0.05, 0.1) is 18.4 Å². The second-order valence-corrected chi connectivity index (χ2v) is 4.39. The fourth-order valence-corrected chi connectivity index (χ4v) is 1.56. The molecule has 19 heavy (non-hydrogen) atoms. The summed E-state index contributed by atoms with van der Waals surface area (Å²) in [6.45, 7) is 3.54. The number of halogens is 1. The number of aromatic carboxylic acids is 1. The first-order chi connectivity index (χ1) is 8.86. The maximum absolute atomic E-state index is 13.6. The van der Waals surface area contributed by atoms with Crippen LogP contribution in [0, 0.1) is 11.7 Å². The molecule has 0 spiro atoms. The van der Waals surface area contributed by atoms with Crippen LogP contribution in [-0.2, 0) is 9.53 Å². The summed E-state index contributed by atoms with van der Waals surface area (Å²) in [5.74, 6) is -2.46. The molecule has 2 N–H and O–H groups in total. The third-order valence-electron chi connectivity index (χ3n) is 2.65. The van der Waals surface area contributed by atoms with E-state index in [1.807, 2.05) is 0 Å². The number of carboxylic acids is 1. The number of carboxylic acid groups (broad SMARTS) is 1. The molecule has 1 aromatic rings. The molecule has 1 unspecified atom stereocenters. The number of hydrogen-bond acceptors (Lipinski definition) is 4. The number of hydrogen-bond donors (Lipinski definition) is 2. The van der Waals surface area contributed by atoms with E-state index in [2.05, 4.69) is 10.1 Å². The molecule has 1 atom stereocenters. The minimum Gasteiger partial charge on any atom is -0.478 e. The summed E-state index contributed by atoms with van der Waals surface area (Å²) in [5, 5.41) is 11.5. The Labute approximate surface area is 110 Å². The highest BCUT2D eigenvalue weighted by molar-refractivity contribution is 5.89. The number of carbonyl (C=O) groups excluding carboxylic acids is 1. The molecular weight excluding hydrogens is 253 g/mol. The molecule has 104 valence electrons. The summed E-state index contributed by atoms with van der Waals surface area (Å²) in [4.78, 5) is 22.4. The molecular formula is C13H16FNO4. The van der Waals surface area contributed by atoms with Crippen molar-refractivity contribution in [2.75, 3.05) is 12.4 Å². The van der Waals surface area contributed by atoms with E-state index in [1.165, 1.54) is 7.11 Å². The zero-order valence-corrected chi connectivity index (χ0v) is 10.9. The Morgan fingerprint density at radius 3 is 2.47 bits per heavy atom. The van der Waals surface area contributed by atoms with E-state index in [0.29, 0.717) is 0 Å². The first-order valence-corrected chi connectivity index (χ1v) is 5.74. The normalized spacial score (nSPS) is 12.1. The fourth-order valence-electron chi connectivity index (χ4n) is 1.56. The molecule has 0 radical (unpaired) electrons. The van der Waals surface area contributed by atoms with E-state index in [-0.39, 0.29) is 17.2 Å². The molecule has 0 bridgehead atoms. The second-order valence-electron chi connectivity index (χ2n) is 4.39. The molecule has 1 aromatic carbocycles. The predicted molar refractivity (Wildman–Crippen MR) is 67.6 cm³/mol. The number of carbonyl (C=O) groups is 2.